The smallest absolute Gasteiger partial charge is 0.237 e. The number of aryl methyl sites for hydroxylation is 1. The zero-order valence-electron chi connectivity index (χ0n) is 15.8. The molecule has 0 saturated carbocycles. The van der Waals surface area contributed by atoms with Crippen LogP contribution in [0.1, 0.15) is 24.8 Å². The fourth-order valence-electron chi connectivity index (χ4n) is 3.51. The van der Waals surface area contributed by atoms with Gasteiger partial charge in [-0.1, -0.05) is 23.1 Å². The Morgan fingerprint density at radius 1 is 1.43 bits per heavy atom. The fraction of sp³-hybridized carbons (Fsp3) is 0.526. The number of hydrogen-bond acceptors (Lipinski definition) is 8. The number of hydrogen-bond donors (Lipinski definition) is 1. The third-order valence-corrected chi connectivity index (χ3v) is 6.94. The summed E-state index contributed by atoms with van der Waals surface area (Å²) in [5, 5.41) is 12.4. The highest BCUT2D eigenvalue weighted by Crippen LogP contribution is 2.32. The van der Waals surface area contributed by atoms with Crippen molar-refractivity contribution in [3.63, 3.8) is 0 Å². The van der Waals surface area contributed by atoms with E-state index < -0.39 is 0 Å². The van der Waals surface area contributed by atoms with Gasteiger partial charge in [-0.2, -0.15) is 0 Å². The minimum atomic E-state index is 0.0974. The summed E-state index contributed by atoms with van der Waals surface area (Å²) >= 11 is 2.92. The Kier molecular flexibility index (Phi) is 6.33. The van der Waals surface area contributed by atoms with Crippen molar-refractivity contribution in [3.8, 4) is 5.75 Å². The van der Waals surface area contributed by atoms with Crippen molar-refractivity contribution in [1.82, 2.24) is 10.2 Å². The lowest BCUT2D eigenvalue weighted by molar-refractivity contribution is -0.116. The number of aromatic nitrogens is 2. The van der Waals surface area contributed by atoms with Gasteiger partial charge in [0.1, 0.15) is 5.75 Å². The summed E-state index contributed by atoms with van der Waals surface area (Å²) in [6.07, 6.45) is 4.41. The van der Waals surface area contributed by atoms with Crippen LogP contribution in [-0.2, 0) is 16.0 Å². The number of carbonyl (C=O) groups excluding carboxylic acids is 1. The number of anilines is 2. The van der Waals surface area contributed by atoms with E-state index in [0.29, 0.717) is 5.75 Å². The Hall–Kier alpha value is -1.84. The molecule has 1 saturated heterocycles. The summed E-state index contributed by atoms with van der Waals surface area (Å²) < 4.78 is 11.7. The first-order chi connectivity index (χ1) is 13.7. The van der Waals surface area contributed by atoms with Crippen LogP contribution >= 0.6 is 23.1 Å². The Labute approximate surface area is 172 Å². The van der Waals surface area contributed by atoms with Crippen LogP contribution in [0.2, 0.25) is 0 Å². The van der Waals surface area contributed by atoms with Gasteiger partial charge in [0.2, 0.25) is 11.0 Å². The van der Waals surface area contributed by atoms with Crippen LogP contribution in [-0.4, -0.2) is 54.8 Å². The molecule has 0 aliphatic carbocycles. The van der Waals surface area contributed by atoms with Gasteiger partial charge in [0, 0.05) is 25.4 Å². The number of amides is 1. The quantitative estimate of drug-likeness (QED) is 0.689. The minimum Gasteiger partial charge on any atom is -0.497 e. The first-order valence-electron chi connectivity index (χ1n) is 9.52. The van der Waals surface area contributed by atoms with Crippen LogP contribution in [0.15, 0.2) is 22.5 Å². The number of nitrogens with one attached hydrogen (secondary N) is 1. The predicted molar refractivity (Wildman–Crippen MR) is 112 cm³/mol. The second-order valence-corrected chi connectivity index (χ2v) is 9.02. The predicted octanol–water partition coefficient (Wildman–Crippen LogP) is 3.21. The maximum absolute atomic E-state index is 12.8. The van der Waals surface area contributed by atoms with E-state index in [9.17, 15) is 4.79 Å². The van der Waals surface area contributed by atoms with Crippen LogP contribution in [0.25, 0.3) is 0 Å². The first kappa shape index (κ1) is 19.5. The molecule has 4 rings (SSSR count). The van der Waals surface area contributed by atoms with Gasteiger partial charge in [-0.25, -0.2) is 0 Å². The van der Waals surface area contributed by atoms with Crippen molar-refractivity contribution in [2.45, 2.75) is 36.1 Å². The van der Waals surface area contributed by atoms with E-state index in [-0.39, 0.29) is 12.0 Å². The maximum Gasteiger partial charge on any atom is 0.237 e. The second-order valence-electron chi connectivity index (χ2n) is 6.82. The van der Waals surface area contributed by atoms with E-state index >= 15 is 0 Å². The lowest BCUT2D eigenvalue weighted by atomic mass is 10.0. The van der Waals surface area contributed by atoms with E-state index in [4.69, 9.17) is 9.47 Å². The average molecular weight is 421 g/mol. The van der Waals surface area contributed by atoms with Crippen molar-refractivity contribution in [2.75, 3.05) is 42.8 Å². The topological polar surface area (TPSA) is 76.6 Å². The molecule has 2 aromatic rings. The van der Waals surface area contributed by atoms with Crippen molar-refractivity contribution < 1.29 is 14.3 Å². The number of thioether (sulfide) groups is 1. The van der Waals surface area contributed by atoms with Gasteiger partial charge in [0.05, 0.1) is 19.0 Å². The van der Waals surface area contributed by atoms with Crippen molar-refractivity contribution in [3.05, 3.63) is 23.8 Å². The third-order valence-electron chi connectivity index (χ3n) is 4.94. The Morgan fingerprint density at radius 2 is 2.36 bits per heavy atom. The molecule has 28 heavy (non-hydrogen) atoms. The molecule has 3 heterocycles. The van der Waals surface area contributed by atoms with Gasteiger partial charge in [0.25, 0.3) is 0 Å². The SMILES string of the molecule is COc1ccc2c(c1)CCCN2C(=O)CSc1nnc(NCC2CCCO2)s1. The van der Waals surface area contributed by atoms with Crippen LogP contribution in [0.5, 0.6) is 5.75 Å². The average Bonchev–Trinajstić information content (AvgIpc) is 3.41. The minimum absolute atomic E-state index is 0.0974. The Balaban J connectivity index is 1.31. The number of nitrogens with zero attached hydrogens (tertiary/aromatic N) is 3. The molecule has 150 valence electrons. The molecule has 9 heteroatoms. The molecule has 0 radical (unpaired) electrons. The van der Waals surface area contributed by atoms with E-state index in [1.807, 2.05) is 23.1 Å². The summed E-state index contributed by atoms with van der Waals surface area (Å²) in [5.74, 6) is 1.28. The summed E-state index contributed by atoms with van der Waals surface area (Å²) in [7, 11) is 1.66. The van der Waals surface area contributed by atoms with Gasteiger partial charge in [-0.15, -0.1) is 10.2 Å². The van der Waals surface area contributed by atoms with Crippen LogP contribution < -0.4 is 15.0 Å². The Bertz CT molecular complexity index is 823. The molecule has 0 bridgehead atoms. The largest absolute Gasteiger partial charge is 0.497 e. The number of methoxy groups -OCH3 is 1. The third kappa shape index (κ3) is 4.59. The summed E-state index contributed by atoms with van der Waals surface area (Å²) in [4.78, 5) is 14.7. The molecule has 1 unspecified atom stereocenters. The van der Waals surface area contributed by atoms with Gasteiger partial charge in [0.15, 0.2) is 4.34 Å². The molecule has 1 aromatic heterocycles. The summed E-state index contributed by atoms with van der Waals surface area (Å²) in [6, 6.07) is 5.92. The van der Waals surface area contributed by atoms with Crippen LogP contribution in [0.3, 0.4) is 0 Å². The number of rotatable bonds is 7. The summed E-state index contributed by atoms with van der Waals surface area (Å²) in [5.41, 5.74) is 2.16. The highest BCUT2D eigenvalue weighted by Gasteiger charge is 2.23. The normalized spacial score (nSPS) is 18.8. The highest BCUT2D eigenvalue weighted by atomic mass is 32.2. The van der Waals surface area contributed by atoms with Gasteiger partial charge < -0.3 is 19.7 Å². The molecule has 1 atom stereocenters. The monoisotopic (exact) mass is 420 g/mol. The number of ether oxygens (including phenoxy) is 2. The van der Waals surface area contributed by atoms with Gasteiger partial charge >= 0.3 is 0 Å². The molecule has 2 aliphatic rings. The zero-order chi connectivity index (χ0) is 19.3. The van der Waals surface area contributed by atoms with Crippen LogP contribution in [0, 0.1) is 0 Å². The van der Waals surface area contributed by atoms with Gasteiger partial charge in [-0.05, 0) is 49.4 Å². The molecule has 2 aliphatic heterocycles. The first-order valence-corrected chi connectivity index (χ1v) is 11.3. The second kappa shape index (κ2) is 9.11. The molecule has 1 amide bonds. The molecular formula is C19H24N4O3S2. The lowest BCUT2D eigenvalue weighted by Gasteiger charge is -2.29. The van der Waals surface area contributed by atoms with E-state index in [1.165, 1.54) is 28.7 Å². The van der Waals surface area contributed by atoms with Crippen molar-refractivity contribution in [1.29, 1.82) is 0 Å². The van der Waals surface area contributed by atoms with Crippen molar-refractivity contribution in [2.24, 2.45) is 0 Å². The lowest BCUT2D eigenvalue weighted by Crippen LogP contribution is -2.36. The molecule has 7 nitrogen and oxygen atoms in total. The standard InChI is InChI=1S/C19H24N4O3S2/c1-25-14-6-7-16-13(10-14)4-2-8-23(16)17(24)12-27-19-22-21-18(28-19)20-11-15-5-3-9-26-15/h6-7,10,15H,2-5,8-9,11-12H2,1H3,(H,20,21). The molecule has 1 aromatic carbocycles. The molecule has 1 fully saturated rings. The van der Waals surface area contributed by atoms with E-state index in [2.05, 4.69) is 15.5 Å². The molecule has 1 N–H and O–H groups in total. The number of fused-ring (bicyclic) bond motifs is 1. The Morgan fingerprint density at radius 3 is 3.18 bits per heavy atom. The fourth-order valence-corrected chi connectivity index (χ4v) is 5.14. The van der Waals surface area contributed by atoms with E-state index in [1.54, 1.807) is 7.11 Å². The van der Waals surface area contributed by atoms with Gasteiger partial charge in [-0.3, -0.25) is 4.79 Å². The maximum atomic E-state index is 12.8. The summed E-state index contributed by atoms with van der Waals surface area (Å²) in [6.45, 7) is 2.35. The number of benzene rings is 1. The van der Waals surface area contributed by atoms with Crippen molar-refractivity contribution >= 4 is 39.8 Å². The zero-order valence-corrected chi connectivity index (χ0v) is 17.5. The van der Waals surface area contributed by atoms with E-state index in [0.717, 1.165) is 66.3 Å². The highest BCUT2D eigenvalue weighted by molar-refractivity contribution is 8.01. The molecule has 0 spiro atoms. The van der Waals surface area contributed by atoms with Crippen LogP contribution in [0.4, 0.5) is 10.8 Å². The number of carbonyl (C=O) groups is 1. The molecular weight excluding hydrogens is 396 g/mol.